The van der Waals surface area contributed by atoms with Gasteiger partial charge in [0.15, 0.2) is 18.9 Å². The molecule has 0 radical (unpaired) electrons. The first-order chi connectivity index (χ1) is 42.8. The molecular weight excluding hydrogens is 1130 g/mol. The molecule has 19 nitrogen and oxygen atoms in total. The van der Waals surface area contributed by atoms with Gasteiger partial charge in [-0.3, -0.25) is 4.79 Å². The van der Waals surface area contributed by atoms with E-state index in [1.54, 1.807) is 6.08 Å². The van der Waals surface area contributed by atoms with Crippen molar-refractivity contribution < 1.29 is 89.4 Å². The van der Waals surface area contributed by atoms with E-state index in [4.69, 9.17) is 28.4 Å². The summed E-state index contributed by atoms with van der Waals surface area (Å²) in [7, 11) is 0. The Labute approximate surface area is 530 Å². The summed E-state index contributed by atoms with van der Waals surface area (Å²) in [5.41, 5.74) is 0. The molecule has 3 heterocycles. The van der Waals surface area contributed by atoms with Crippen LogP contribution in [0.2, 0.25) is 0 Å². The minimum atomic E-state index is -1.98. The van der Waals surface area contributed by atoms with Crippen molar-refractivity contribution >= 4 is 5.91 Å². The third-order valence-electron chi connectivity index (χ3n) is 18.0. The van der Waals surface area contributed by atoms with Crippen molar-refractivity contribution in [3.63, 3.8) is 0 Å². The Kier molecular flexibility index (Phi) is 47.3. The number of rotatable bonds is 55. The number of aliphatic hydroxyl groups excluding tert-OH is 11. The highest BCUT2D eigenvalue weighted by Gasteiger charge is 2.53. The smallest absolute Gasteiger partial charge is 0.220 e. The van der Waals surface area contributed by atoms with Crippen molar-refractivity contribution in [1.82, 2.24) is 5.32 Å². The number of nitrogens with one attached hydrogen (secondary N) is 1. The average molecular weight is 1260 g/mol. The monoisotopic (exact) mass is 1260 g/mol. The molecule has 518 valence electrons. The van der Waals surface area contributed by atoms with Crippen LogP contribution in [0.3, 0.4) is 0 Å². The topological polar surface area (TPSA) is 307 Å². The normalized spacial score (nSPS) is 28.5. The van der Waals surface area contributed by atoms with Gasteiger partial charge >= 0.3 is 0 Å². The van der Waals surface area contributed by atoms with E-state index in [0.29, 0.717) is 12.8 Å². The number of carbonyl (C=O) groups is 1. The minimum absolute atomic E-state index is 0.240. The fourth-order valence-electron chi connectivity index (χ4n) is 12.2. The van der Waals surface area contributed by atoms with E-state index in [-0.39, 0.29) is 18.9 Å². The van der Waals surface area contributed by atoms with Gasteiger partial charge in [0.2, 0.25) is 5.91 Å². The number of ether oxygens (including phenoxy) is 6. The van der Waals surface area contributed by atoms with Gasteiger partial charge in [0, 0.05) is 6.42 Å². The van der Waals surface area contributed by atoms with Crippen LogP contribution in [0.15, 0.2) is 24.3 Å². The Morgan fingerprint density at radius 2 is 0.727 bits per heavy atom. The van der Waals surface area contributed by atoms with Crippen LogP contribution in [0.4, 0.5) is 0 Å². The summed E-state index contributed by atoms with van der Waals surface area (Å²) in [5.74, 6) is -0.280. The van der Waals surface area contributed by atoms with E-state index in [9.17, 15) is 61.0 Å². The summed E-state index contributed by atoms with van der Waals surface area (Å²) in [5, 5.41) is 121. The molecular formula is C69H129NO18. The molecule has 0 aromatic heterocycles. The van der Waals surface area contributed by atoms with E-state index in [1.165, 1.54) is 205 Å². The van der Waals surface area contributed by atoms with Crippen molar-refractivity contribution in [2.24, 2.45) is 0 Å². The molecule has 3 saturated heterocycles. The highest BCUT2D eigenvalue weighted by molar-refractivity contribution is 5.76. The lowest BCUT2D eigenvalue weighted by Crippen LogP contribution is -2.66. The number of carbonyl (C=O) groups excluding carboxylic acids is 1. The largest absolute Gasteiger partial charge is 0.394 e. The Hall–Kier alpha value is -1.73. The molecule has 0 aromatic carbocycles. The van der Waals surface area contributed by atoms with Gasteiger partial charge in [-0.05, 0) is 32.1 Å². The lowest BCUT2D eigenvalue weighted by molar-refractivity contribution is -0.379. The van der Waals surface area contributed by atoms with Crippen LogP contribution in [0.25, 0.3) is 0 Å². The van der Waals surface area contributed by atoms with Crippen molar-refractivity contribution in [3.8, 4) is 0 Å². The van der Waals surface area contributed by atoms with Crippen LogP contribution < -0.4 is 5.32 Å². The summed E-state index contributed by atoms with van der Waals surface area (Å²) in [6, 6.07) is -0.987. The highest BCUT2D eigenvalue weighted by atomic mass is 16.8. The van der Waals surface area contributed by atoms with Crippen LogP contribution in [-0.2, 0) is 33.2 Å². The van der Waals surface area contributed by atoms with Gasteiger partial charge in [-0.15, -0.1) is 0 Å². The Morgan fingerprint density at radius 1 is 0.398 bits per heavy atom. The molecule has 3 fully saturated rings. The van der Waals surface area contributed by atoms with E-state index in [0.717, 1.165) is 38.5 Å². The zero-order valence-corrected chi connectivity index (χ0v) is 54.7. The van der Waals surface area contributed by atoms with Gasteiger partial charge in [-0.2, -0.15) is 0 Å². The second kappa shape index (κ2) is 51.7. The Bertz CT molecular complexity index is 1690. The average Bonchev–Trinajstić information content (AvgIpc) is 2.38. The van der Waals surface area contributed by atoms with Gasteiger partial charge in [0.05, 0.1) is 38.6 Å². The van der Waals surface area contributed by atoms with Crippen LogP contribution in [0, 0.1) is 0 Å². The standard InChI is InChI=1S/C69H129NO18/c1-3-5-7-9-11-13-15-17-19-21-23-24-25-26-27-28-29-30-32-34-36-38-40-42-44-46-53(74)52(70-57(75)47-45-43-41-39-37-35-33-31-22-20-18-16-14-12-10-8-6-4-2)51-83-67-63(81)60(78)65(55(49-72)85-67)88-69-64(82)61(79)66(56(50-73)86-69)87-68-62(80)59(77)58(76)54(48-71)84-68/h36,38,44,46,52-56,58-69,71-74,76-82H,3-35,37,39-43,45,47-51H2,1-2H3,(H,70,75)/b38-36+,46-44+. The van der Waals surface area contributed by atoms with Crippen LogP contribution in [0.5, 0.6) is 0 Å². The maximum atomic E-state index is 13.4. The first kappa shape index (κ1) is 80.5. The van der Waals surface area contributed by atoms with E-state index >= 15 is 0 Å². The fraction of sp³-hybridized carbons (Fsp3) is 0.928. The van der Waals surface area contributed by atoms with Crippen molar-refractivity contribution in [3.05, 3.63) is 24.3 Å². The Morgan fingerprint density at radius 3 is 1.14 bits per heavy atom. The van der Waals surface area contributed by atoms with Crippen molar-refractivity contribution in [2.75, 3.05) is 26.4 Å². The van der Waals surface area contributed by atoms with Gasteiger partial charge < -0.3 is 89.9 Å². The van der Waals surface area contributed by atoms with Gasteiger partial charge in [-0.1, -0.05) is 263 Å². The molecule has 0 aliphatic carbocycles. The highest BCUT2D eigenvalue weighted by Crippen LogP contribution is 2.33. The predicted molar refractivity (Wildman–Crippen MR) is 342 cm³/mol. The number of hydrogen-bond donors (Lipinski definition) is 12. The summed E-state index contributed by atoms with van der Waals surface area (Å²) in [4.78, 5) is 13.4. The second-order valence-corrected chi connectivity index (χ2v) is 25.7. The second-order valence-electron chi connectivity index (χ2n) is 25.7. The molecule has 88 heavy (non-hydrogen) atoms. The number of amides is 1. The summed E-state index contributed by atoms with van der Waals surface area (Å²) in [6.45, 7) is 1.75. The number of unbranched alkanes of at least 4 members (excludes halogenated alkanes) is 37. The molecule has 0 aromatic rings. The molecule has 3 rings (SSSR count). The van der Waals surface area contributed by atoms with Crippen LogP contribution >= 0.6 is 0 Å². The molecule has 1 amide bonds. The lowest BCUT2D eigenvalue weighted by atomic mass is 9.96. The van der Waals surface area contributed by atoms with E-state index in [1.807, 2.05) is 6.08 Å². The molecule has 19 heteroatoms. The molecule has 0 saturated carbocycles. The molecule has 0 spiro atoms. The number of allylic oxidation sites excluding steroid dienone is 3. The quantitative estimate of drug-likeness (QED) is 0.0199. The molecule has 3 aliphatic heterocycles. The SMILES string of the molecule is CCCCCCCCCCCCCCCCCCCCC/C=C/CC/C=C/C(O)C(COC1OC(CO)C(OC2OC(CO)C(OC3OC(CO)C(O)C(O)C3O)C(O)C2O)C(O)C1O)NC(=O)CCCCCCCCCCCCCCCCCCCC. The first-order valence-electron chi connectivity index (χ1n) is 35.6. The zero-order chi connectivity index (χ0) is 64.0. The predicted octanol–water partition coefficient (Wildman–Crippen LogP) is 9.44. The summed E-state index contributed by atoms with van der Waals surface area (Å²) < 4.78 is 34.3. The summed E-state index contributed by atoms with van der Waals surface area (Å²) >= 11 is 0. The number of aliphatic hydroxyl groups is 11. The fourth-order valence-corrected chi connectivity index (χ4v) is 12.2. The van der Waals surface area contributed by atoms with Gasteiger partial charge in [0.1, 0.15) is 73.2 Å². The lowest BCUT2D eigenvalue weighted by Gasteiger charge is -2.48. The van der Waals surface area contributed by atoms with E-state index < -0.39 is 124 Å². The summed E-state index contributed by atoms with van der Waals surface area (Å²) in [6.07, 6.45) is 31.6. The molecule has 17 atom stereocenters. The third-order valence-corrected chi connectivity index (χ3v) is 18.0. The van der Waals surface area contributed by atoms with Crippen molar-refractivity contribution in [2.45, 2.75) is 381 Å². The van der Waals surface area contributed by atoms with Crippen molar-refractivity contribution in [1.29, 1.82) is 0 Å². The minimum Gasteiger partial charge on any atom is -0.394 e. The molecule has 0 bridgehead atoms. The van der Waals surface area contributed by atoms with Gasteiger partial charge in [-0.25, -0.2) is 0 Å². The van der Waals surface area contributed by atoms with E-state index in [2.05, 4.69) is 31.3 Å². The zero-order valence-electron chi connectivity index (χ0n) is 54.7. The number of hydrogen-bond acceptors (Lipinski definition) is 18. The first-order valence-corrected chi connectivity index (χ1v) is 35.6. The van der Waals surface area contributed by atoms with Gasteiger partial charge in [0.25, 0.3) is 0 Å². The maximum Gasteiger partial charge on any atom is 0.220 e. The van der Waals surface area contributed by atoms with Crippen LogP contribution in [0.1, 0.15) is 277 Å². The molecule has 3 aliphatic rings. The maximum absolute atomic E-state index is 13.4. The molecule has 12 N–H and O–H groups in total. The Balaban J connectivity index is 1.44. The third kappa shape index (κ3) is 33.4. The van der Waals surface area contributed by atoms with Crippen LogP contribution in [-0.4, -0.2) is 193 Å². The molecule has 17 unspecified atom stereocenters.